The van der Waals surface area contributed by atoms with E-state index in [0.717, 1.165) is 6.54 Å². The molecule has 1 saturated heterocycles. The van der Waals surface area contributed by atoms with Gasteiger partial charge < -0.3 is 5.73 Å². The zero-order valence-corrected chi connectivity index (χ0v) is 11.8. The third-order valence-electron chi connectivity index (χ3n) is 3.79. The van der Waals surface area contributed by atoms with Crippen molar-refractivity contribution in [1.29, 1.82) is 0 Å². The van der Waals surface area contributed by atoms with Crippen LogP contribution in [0.1, 0.15) is 71.1 Å². The van der Waals surface area contributed by atoms with Gasteiger partial charge in [-0.25, -0.2) is 0 Å². The molecule has 1 nitrogen and oxygen atoms in total. The van der Waals surface area contributed by atoms with Gasteiger partial charge in [-0.2, -0.15) is 11.8 Å². The number of hydrogen-bond acceptors (Lipinski definition) is 2. The molecular weight excluding hydrogens is 214 g/mol. The Morgan fingerprint density at radius 3 is 2.31 bits per heavy atom. The average Bonchev–Trinajstić information content (AvgIpc) is 2.77. The van der Waals surface area contributed by atoms with E-state index in [0.29, 0.717) is 4.75 Å². The van der Waals surface area contributed by atoms with Crippen molar-refractivity contribution in [3.8, 4) is 0 Å². The molecule has 0 radical (unpaired) electrons. The summed E-state index contributed by atoms with van der Waals surface area (Å²) in [5, 5.41) is 0. The van der Waals surface area contributed by atoms with E-state index in [9.17, 15) is 0 Å². The van der Waals surface area contributed by atoms with Crippen LogP contribution in [-0.2, 0) is 0 Å². The molecule has 1 unspecified atom stereocenters. The lowest BCUT2D eigenvalue weighted by atomic mass is 9.95. The standard InChI is InChI=1S/C14H29NS/c1-2-3-4-5-6-7-8-10-14(13-15)11-9-12-16-14/h2-13,15H2,1H3. The number of thioether (sulfide) groups is 1. The van der Waals surface area contributed by atoms with E-state index >= 15 is 0 Å². The Morgan fingerprint density at radius 2 is 1.75 bits per heavy atom. The van der Waals surface area contributed by atoms with Crippen molar-refractivity contribution in [3.05, 3.63) is 0 Å². The smallest absolute Gasteiger partial charge is 0.0282 e. The maximum absolute atomic E-state index is 5.93. The van der Waals surface area contributed by atoms with Crippen LogP contribution in [0.5, 0.6) is 0 Å². The highest BCUT2D eigenvalue weighted by atomic mass is 32.2. The molecule has 1 rings (SSSR count). The highest BCUT2D eigenvalue weighted by Crippen LogP contribution is 2.41. The number of hydrogen-bond donors (Lipinski definition) is 1. The van der Waals surface area contributed by atoms with Crippen LogP contribution >= 0.6 is 11.8 Å². The molecule has 1 heterocycles. The van der Waals surface area contributed by atoms with E-state index in [-0.39, 0.29) is 0 Å². The predicted octanol–water partition coefficient (Wildman–Crippen LogP) is 4.35. The lowest BCUT2D eigenvalue weighted by Gasteiger charge is -2.26. The van der Waals surface area contributed by atoms with Crippen molar-refractivity contribution in [2.75, 3.05) is 12.3 Å². The first-order valence-electron chi connectivity index (χ1n) is 7.17. The molecule has 2 N–H and O–H groups in total. The largest absolute Gasteiger partial charge is 0.329 e. The highest BCUT2D eigenvalue weighted by molar-refractivity contribution is 8.00. The van der Waals surface area contributed by atoms with E-state index in [2.05, 4.69) is 18.7 Å². The first-order chi connectivity index (χ1) is 7.83. The van der Waals surface area contributed by atoms with Gasteiger partial charge in [-0.05, 0) is 25.0 Å². The first kappa shape index (κ1) is 14.4. The molecule has 0 aromatic heterocycles. The molecule has 0 aromatic rings. The fourth-order valence-electron chi connectivity index (χ4n) is 2.62. The van der Waals surface area contributed by atoms with Gasteiger partial charge >= 0.3 is 0 Å². The molecule has 0 bridgehead atoms. The van der Waals surface area contributed by atoms with Gasteiger partial charge in [-0.1, -0.05) is 51.9 Å². The first-order valence-corrected chi connectivity index (χ1v) is 8.15. The van der Waals surface area contributed by atoms with E-state index in [1.54, 1.807) is 0 Å². The van der Waals surface area contributed by atoms with Crippen LogP contribution in [0.25, 0.3) is 0 Å². The van der Waals surface area contributed by atoms with Crippen molar-refractivity contribution in [2.24, 2.45) is 5.73 Å². The topological polar surface area (TPSA) is 26.0 Å². The molecule has 16 heavy (non-hydrogen) atoms. The third-order valence-corrected chi connectivity index (χ3v) is 5.47. The monoisotopic (exact) mass is 243 g/mol. The highest BCUT2D eigenvalue weighted by Gasteiger charge is 2.32. The summed E-state index contributed by atoms with van der Waals surface area (Å²) in [5.41, 5.74) is 5.93. The van der Waals surface area contributed by atoms with Gasteiger partial charge in [0.1, 0.15) is 0 Å². The summed E-state index contributed by atoms with van der Waals surface area (Å²) in [4.78, 5) is 0. The summed E-state index contributed by atoms with van der Waals surface area (Å²) in [6, 6.07) is 0. The Hall–Kier alpha value is 0.310. The summed E-state index contributed by atoms with van der Waals surface area (Å²) in [6.07, 6.45) is 14.0. The number of rotatable bonds is 9. The lowest BCUT2D eigenvalue weighted by Crippen LogP contribution is -2.31. The van der Waals surface area contributed by atoms with E-state index in [1.165, 1.54) is 70.0 Å². The second-order valence-electron chi connectivity index (χ2n) is 5.21. The second-order valence-corrected chi connectivity index (χ2v) is 6.77. The molecule has 2 heteroatoms. The molecule has 0 saturated carbocycles. The van der Waals surface area contributed by atoms with Crippen molar-refractivity contribution >= 4 is 11.8 Å². The van der Waals surface area contributed by atoms with Crippen LogP contribution in [0.15, 0.2) is 0 Å². The minimum atomic E-state index is 0.476. The van der Waals surface area contributed by atoms with Gasteiger partial charge in [0.25, 0.3) is 0 Å². The SMILES string of the molecule is CCCCCCCCCC1(CN)CCCS1. The summed E-state index contributed by atoms with van der Waals surface area (Å²) in [6.45, 7) is 3.18. The normalized spacial score (nSPS) is 25.1. The second kappa shape index (κ2) is 8.41. The van der Waals surface area contributed by atoms with Gasteiger partial charge in [0.2, 0.25) is 0 Å². The molecule has 0 aliphatic carbocycles. The molecule has 0 aromatic carbocycles. The summed E-state index contributed by atoms with van der Waals surface area (Å²) < 4.78 is 0.476. The molecule has 1 atom stereocenters. The maximum atomic E-state index is 5.93. The molecule has 96 valence electrons. The van der Waals surface area contributed by atoms with Crippen LogP contribution in [0, 0.1) is 0 Å². The lowest BCUT2D eigenvalue weighted by molar-refractivity contribution is 0.482. The Kier molecular flexibility index (Phi) is 7.55. The number of unbranched alkanes of at least 4 members (excludes halogenated alkanes) is 6. The Labute approximate surface area is 106 Å². The molecule has 1 fully saturated rings. The quantitative estimate of drug-likeness (QED) is 0.609. The summed E-state index contributed by atoms with van der Waals surface area (Å²) >= 11 is 2.14. The van der Waals surface area contributed by atoms with Crippen LogP contribution in [-0.4, -0.2) is 17.0 Å². The van der Waals surface area contributed by atoms with Crippen LogP contribution < -0.4 is 5.73 Å². The number of nitrogens with two attached hydrogens (primary N) is 1. The Balaban J connectivity index is 1.97. The molecule has 1 aliphatic heterocycles. The fraction of sp³-hybridized carbons (Fsp3) is 1.00. The zero-order chi connectivity index (χ0) is 11.7. The minimum Gasteiger partial charge on any atom is -0.329 e. The molecular formula is C14H29NS. The van der Waals surface area contributed by atoms with Gasteiger partial charge in [-0.15, -0.1) is 0 Å². The van der Waals surface area contributed by atoms with Gasteiger partial charge in [0.15, 0.2) is 0 Å². The fourth-order valence-corrected chi connectivity index (χ4v) is 4.04. The van der Waals surface area contributed by atoms with Crippen LogP contribution in [0.4, 0.5) is 0 Å². The molecule has 0 spiro atoms. The van der Waals surface area contributed by atoms with Crippen molar-refractivity contribution in [2.45, 2.75) is 75.9 Å². The van der Waals surface area contributed by atoms with Crippen molar-refractivity contribution in [1.82, 2.24) is 0 Å². The van der Waals surface area contributed by atoms with Crippen LogP contribution in [0.3, 0.4) is 0 Å². The zero-order valence-electron chi connectivity index (χ0n) is 11.0. The maximum Gasteiger partial charge on any atom is 0.0282 e. The summed E-state index contributed by atoms with van der Waals surface area (Å²) in [7, 11) is 0. The van der Waals surface area contributed by atoms with E-state index in [1.807, 2.05) is 0 Å². The molecule has 0 amide bonds. The van der Waals surface area contributed by atoms with Gasteiger partial charge in [0, 0.05) is 11.3 Å². The van der Waals surface area contributed by atoms with Crippen molar-refractivity contribution < 1.29 is 0 Å². The minimum absolute atomic E-state index is 0.476. The third kappa shape index (κ3) is 5.09. The Morgan fingerprint density at radius 1 is 1.06 bits per heavy atom. The average molecular weight is 243 g/mol. The van der Waals surface area contributed by atoms with E-state index in [4.69, 9.17) is 5.73 Å². The summed E-state index contributed by atoms with van der Waals surface area (Å²) in [5.74, 6) is 1.34. The molecule has 1 aliphatic rings. The van der Waals surface area contributed by atoms with E-state index < -0.39 is 0 Å². The Bertz CT molecular complexity index is 164. The van der Waals surface area contributed by atoms with Gasteiger partial charge in [0.05, 0.1) is 0 Å². The van der Waals surface area contributed by atoms with Crippen molar-refractivity contribution in [3.63, 3.8) is 0 Å². The predicted molar refractivity (Wildman–Crippen MR) is 76.1 cm³/mol. The van der Waals surface area contributed by atoms with Gasteiger partial charge in [-0.3, -0.25) is 0 Å². The van der Waals surface area contributed by atoms with Crippen LogP contribution in [0.2, 0.25) is 0 Å².